The van der Waals surface area contributed by atoms with Crippen molar-refractivity contribution < 1.29 is 4.79 Å². The summed E-state index contributed by atoms with van der Waals surface area (Å²) in [5.74, 6) is 0.234. The molecular formula is C21H20Cl2N2OS2. The number of nitrogens with one attached hydrogen (secondary N) is 1. The van der Waals surface area contributed by atoms with Gasteiger partial charge in [0, 0.05) is 21.7 Å². The summed E-state index contributed by atoms with van der Waals surface area (Å²) in [6.45, 7) is 6.49. The number of nitrogens with zero attached hydrogens (tertiary/aromatic N) is 1. The monoisotopic (exact) mass is 450 g/mol. The van der Waals surface area contributed by atoms with Crippen LogP contribution in [0.15, 0.2) is 52.2 Å². The van der Waals surface area contributed by atoms with Crippen LogP contribution in [0.2, 0.25) is 10.0 Å². The fraction of sp³-hybridized carbons (Fsp3) is 0.238. The van der Waals surface area contributed by atoms with E-state index in [1.165, 1.54) is 28.7 Å². The molecule has 0 atom stereocenters. The molecule has 146 valence electrons. The lowest BCUT2D eigenvalue weighted by molar-refractivity contribution is -0.113. The first kappa shape index (κ1) is 21.2. The normalized spacial score (nSPS) is 11.5. The summed E-state index contributed by atoms with van der Waals surface area (Å²) < 4.78 is 0.819. The van der Waals surface area contributed by atoms with E-state index < -0.39 is 0 Å². The predicted molar refractivity (Wildman–Crippen MR) is 122 cm³/mol. The minimum absolute atomic E-state index is 0.0604. The highest BCUT2D eigenvalue weighted by molar-refractivity contribution is 8.01. The number of benzene rings is 2. The molecule has 0 aliphatic rings. The van der Waals surface area contributed by atoms with Gasteiger partial charge in [0.05, 0.1) is 16.5 Å². The van der Waals surface area contributed by atoms with Crippen molar-refractivity contribution in [3.05, 3.63) is 63.5 Å². The maximum atomic E-state index is 12.2. The lowest BCUT2D eigenvalue weighted by atomic mass is 9.87. The van der Waals surface area contributed by atoms with Crippen LogP contribution in [-0.2, 0) is 10.2 Å². The zero-order valence-electron chi connectivity index (χ0n) is 15.8. The van der Waals surface area contributed by atoms with E-state index in [9.17, 15) is 4.79 Å². The fourth-order valence-corrected chi connectivity index (χ4v) is 4.65. The van der Waals surface area contributed by atoms with Gasteiger partial charge in [0.15, 0.2) is 4.34 Å². The molecule has 0 bridgehead atoms. The van der Waals surface area contributed by atoms with E-state index in [4.69, 9.17) is 23.2 Å². The van der Waals surface area contributed by atoms with E-state index in [2.05, 4.69) is 31.1 Å². The van der Waals surface area contributed by atoms with Crippen LogP contribution in [0.3, 0.4) is 0 Å². The lowest BCUT2D eigenvalue weighted by Gasteiger charge is -2.19. The van der Waals surface area contributed by atoms with Crippen LogP contribution in [-0.4, -0.2) is 16.6 Å². The Balaban J connectivity index is 1.57. The van der Waals surface area contributed by atoms with Crippen molar-refractivity contribution in [1.29, 1.82) is 0 Å². The first-order valence-corrected chi connectivity index (χ1v) is 11.3. The minimum atomic E-state index is -0.0604. The Kier molecular flexibility index (Phi) is 6.71. The lowest BCUT2D eigenvalue weighted by Crippen LogP contribution is -2.15. The largest absolute Gasteiger partial charge is 0.325 e. The summed E-state index contributed by atoms with van der Waals surface area (Å²) in [7, 11) is 0. The third kappa shape index (κ3) is 5.51. The Morgan fingerprint density at radius 1 is 1.14 bits per heavy atom. The maximum absolute atomic E-state index is 12.2. The molecule has 1 N–H and O–H groups in total. The van der Waals surface area contributed by atoms with Gasteiger partial charge in [-0.1, -0.05) is 67.9 Å². The smallest absolute Gasteiger partial charge is 0.234 e. The van der Waals surface area contributed by atoms with E-state index in [1.54, 1.807) is 12.1 Å². The molecule has 0 aliphatic carbocycles. The number of amides is 1. The highest BCUT2D eigenvalue weighted by atomic mass is 35.5. The van der Waals surface area contributed by atoms with Crippen molar-refractivity contribution >= 4 is 57.9 Å². The van der Waals surface area contributed by atoms with Crippen LogP contribution in [0.1, 0.15) is 26.3 Å². The molecule has 1 aromatic heterocycles. The average Bonchev–Trinajstić information content (AvgIpc) is 3.08. The van der Waals surface area contributed by atoms with Gasteiger partial charge in [0.1, 0.15) is 0 Å². The van der Waals surface area contributed by atoms with Gasteiger partial charge in [-0.2, -0.15) is 0 Å². The van der Waals surface area contributed by atoms with Gasteiger partial charge in [-0.05, 0) is 41.3 Å². The van der Waals surface area contributed by atoms with Crippen molar-refractivity contribution in [3.8, 4) is 11.3 Å². The van der Waals surface area contributed by atoms with Crippen LogP contribution >= 0.6 is 46.3 Å². The minimum Gasteiger partial charge on any atom is -0.325 e. The van der Waals surface area contributed by atoms with Crippen LogP contribution in [0.5, 0.6) is 0 Å². The number of halogens is 2. The highest BCUT2D eigenvalue weighted by Crippen LogP contribution is 2.33. The zero-order valence-corrected chi connectivity index (χ0v) is 18.9. The number of aromatic nitrogens is 1. The topological polar surface area (TPSA) is 42.0 Å². The summed E-state index contributed by atoms with van der Waals surface area (Å²) in [6.07, 6.45) is 0. The molecule has 1 heterocycles. The second kappa shape index (κ2) is 8.87. The molecule has 3 aromatic rings. The number of anilines is 1. The number of carbonyl (C=O) groups is 1. The quantitative estimate of drug-likeness (QED) is 0.419. The van der Waals surface area contributed by atoms with E-state index >= 15 is 0 Å². The van der Waals surface area contributed by atoms with Crippen LogP contribution in [0.25, 0.3) is 11.3 Å². The Hall–Kier alpha value is -1.53. The molecule has 0 aliphatic heterocycles. The summed E-state index contributed by atoms with van der Waals surface area (Å²) >= 11 is 15.1. The van der Waals surface area contributed by atoms with Gasteiger partial charge in [-0.25, -0.2) is 4.98 Å². The molecule has 28 heavy (non-hydrogen) atoms. The first-order valence-electron chi connectivity index (χ1n) is 8.66. The maximum Gasteiger partial charge on any atom is 0.234 e. The number of hydrogen-bond donors (Lipinski definition) is 1. The summed E-state index contributed by atoms with van der Waals surface area (Å²) in [5.41, 5.74) is 3.74. The average molecular weight is 451 g/mol. The van der Waals surface area contributed by atoms with E-state index in [-0.39, 0.29) is 11.3 Å². The molecule has 0 radical (unpaired) electrons. The standard InChI is InChI=1S/C21H20Cl2N2OS2/c1-21(2,3)13-4-7-15(8-5-13)24-19(26)12-28-20-25-18(11-27-20)16-9-6-14(22)10-17(16)23/h4-11H,12H2,1-3H3,(H,24,26). The molecule has 0 saturated heterocycles. The number of carbonyl (C=O) groups excluding carboxylic acids is 1. The van der Waals surface area contributed by atoms with Gasteiger partial charge in [-0.3, -0.25) is 4.79 Å². The molecule has 0 fully saturated rings. The van der Waals surface area contributed by atoms with E-state index in [0.29, 0.717) is 15.8 Å². The van der Waals surface area contributed by atoms with Crippen LogP contribution in [0.4, 0.5) is 5.69 Å². The summed E-state index contributed by atoms with van der Waals surface area (Å²) in [6, 6.07) is 13.3. The Labute approximate surface area is 183 Å². The second-order valence-corrected chi connectivity index (χ2v) is 10.2. The molecule has 0 saturated carbocycles. The highest BCUT2D eigenvalue weighted by Gasteiger charge is 2.14. The van der Waals surface area contributed by atoms with Gasteiger partial charge >= 0.3 is 0 Å². The number of thioether (sulfide) groups is 1. The Bertz CT molecular complexity index is 979. The van der Waals surface area contributed by atoms with Crippen molar-refractivity contribution in [3.63, 3.8) is 0 Å². The Morgan fingerprint density at radius 2 is 1.86 bits per heavy atom. The molecule has 0 spiro atoms. The predicted octanol–water partition coefficient (Wildman–Crippen LogP) is 7.15. The molecule has 0 unspecified atom stereocenters. The summed E-state index contributed by atoms with van der Waals surface area (Å²) in [4.78, 5) is 16.8. The van der Waals surface area contributed by atoms with E-state index in [0.717, 1.165) is 21.3 Å². The van der Waals surface area contributed by atoms with Crippen molar-refractivity contribution in [1.82, 2.24) is 4.98 Å². The summed E-state index contributed by atoms with van der Waals surface area (Å²) in [5, 5.41) is 6.01. The van der Waals surface area contributed by atoms with Crippen LogP contribution < -0.4 is 5.32 Å². The van der Waals surface area contributed by atoms with E-state index in [1.807, 2.05) is 35.7 Å². The van der Waals surface area contributed by atoms with Gasteiger partial charge < -0.3 is 5.32 Å². The molecule has 1 amide bonds. The number of rotatable bonds is 5. The fourth-order valence-electron chi connectivity index (χ4n) is 2.52. The van der Waals surface area contributed by atoms with Gasteiger partial charge in [0.2, 0.25) is 5.91 Å². The second-order valence-electron chi connectivity index (χ2n) is 7.29. The molecule has 7 heteroatoms. The van der Waals surface area contributed by atoms with Crippen molar-refractivity contribution in [2.24, 2.45) is 0 Å². The molecule has 3 nitrogen and oxygen atoms in total. The van der Waals surface area contributed by atoms with Crippen molar-refractivity contribution in [2.75, 3.05) is 11.1 Å². The Morgan fingerprint density at radius 3 is 2.50 bits per heavy atom. The van der Waals surface area contributed by atoms with Gasteiger partial charge in [-0.15, -0.1) is 11.3 Å². The third-order valence-electron chi connectivity index (χ3n) is 4.05. The van der Waals surface area contributed by atoms with Crippen LogP contribution in [0, 0.1) is 0 Å². The number of hydrogen-bond acceptors (Lipinski definition) is 4. The molecular weight excluding hydrogens is 431 g/mol. The number of thiazole rings is 1. The first-order chi connectivity index (χ1) is 13.2. The zero-order chi connectivity index (χ0) is 20.3. The third-order valence-corrected chi connectivity index (χ3v) is 6.62. The molecule has 3 rings (SSSR count). The van der Waals surface area contributed by atoms with Crippen molar-refractivity contribution in [2.45, 2.75) is 30.5 Å². The molecule has 2 aromatic carbocycles. The SMILES string of the molecule is CC(C)(C)c1ccc(NC(=O)CSc2nc(-c3ccc(Cl)cc3Cl)cs2)cc1. The van der Waals surface area contributed by atoms with Gasteiger partial charge in [0.25, 0.3) is 0 Å².